The molecule has 0 aliphatic carbocycles. The van der Waals surface area contributed by atoms with Gasteiger partial charge in [-0.15, -0.1) is 0 Å². The number of carbonyl (C=O) groups excluding carboxylic acids is 3. The van der Waals surface area contributed by atoms with Gasteiger partial charge in [-0.25, -0.2) is 18.2 Å². The number of esters is 1. The fraction of sp³-hybridized carbons (Fsp3) is 0.667. The maximum Gasteiger partial charge on any atom is 1.00 e. The van der Waals surface area contributed by atoms with Crippen molar-refractivity contribution >= 4 is 27.9 Å². The number of amides is 2. The maximum atomic E-state index is 13.3. The first-order valence-corrected chi connectivity index (χ1v) is 14.9. The molecular weight excluding hydrogens is 519 g/mol. The number of hydrogen-bond acceptors (Lipinski definition) is 7. The topological polar surface area (TPSA) is 133 Å². The van der Waals surface area contributed by atoms with E-state index in [4.69, 9.17) is 4.74 Å². The molecule has 38 heavy (non-hydrogen) atoms. The fourth-order valence-electron chi connectivity index (χ4n) is 3.88. The van der Waals surface area contributed by atoms with E-state index in [0.29, 0.717) is 19.3 Å². The smallest absolute Gasteiger partial charge is 0.744 e. The molecule has 0 heterocycles. The van der Waals surface area contributed by atoms with Crippen LogP contribution in [0.25, 0.3) is 0 Å². The Hall–Kier alpha value is -1.46. The fourth-order valence-corrected chi connectivity index (χ4v) is 4.49. The van der Waals surface area contributed by atoms with Gasteiger partial charge >= 0.3 is 35.5 Å². The zero-order valence-corrected chi connectivity index (χ0v) is 26.3. The quantitative estimate of drug-likeness (QED) is 0.0725. The summed E-state index contributed by atoms with van der Waals surface area (Å²) in [4.78, 5) is 38.5. The first-order valence-electron chi connectivity index (χ1n) is 13.5. The van der Waals surface area contributed by atoms with E-state index in [2.05, 4.69) is 12.3 Å². The second-order valence-electron chi connectivity index (χ2n) is 9.25. The van der Waals surface area contributed by atoms with Gasteiger partial charge in [0.25, 0.3) is 0 Å². The molecule has 1 aromatic rings. The Bertz CT molecular complexity index is 956. The van der Waals surface area contributed by atoms with Gasteiger partial charge in [-0.2, -0.15) is 0 Å². The van der Waals surface area contributed by atoms with Crippen molar-refractivity contribution in [2.45, 2.75) is 122 Å². The molecule has 0 saturated heterocycles. The van der Waals surface area contributed by atoms with E-state index < -0.39 is 38.7 Å². The van der Waals surface area contributed by atoms with Crippen LogP contribution in [0.5, 0.6) is 5.75 Å². The Balaban J connectivity index is 0.0000137. The summed E-state index contributed by atoms with van der Waals surface area (Å²) in [5, 5.41) is 1.06. The van der Waals surface area contributed by atoms with Gasteiger partial charge in [-0.1, -0.05) is 90.7 Å². The molecule has 1 aromatic carbocycles. The summed E-state index contributed by atoms with van der Waals surface area (Å²) in [6, 6.07) is 3.90. The number of unbranched alkanes of at least 4 members (excludes halogenated alkanes) is 8. The number of hydrazine groups is 1. The maximum absolute atomic E-state index is 13.3. The zero-order chi connectivity index (χ0) is 27.7. The van der Waals surface area contributed by atoms with Crippen LogP contribution in [0.3, 0.4) is 0 Å². The minimum Gasteiger partial charge on any atom is -0.744 e. The average molecular weight is 563 g/mol. The summed E-state index contributed by atoms with van der Waals surface area (Å²) in [6.07, 6.45) is 10.2. The van der Waals surface area contributed by atoms with E-state index in [1.165, 1.54) is 18.2 Å². The number of rotatable bonds is 18. The second kappa shape index (κ2) is 20.4. The molecule has 0 fully saturated rings. The molecule has 1 rings (SSSR count). The molecule has 0 radical (unpaired) electrons. The molecule has 0 bridgehead atoms. The van der Waals surface area contributed by atoms with Crippen molar-refractivity contribution in [2.24, 2.45) is 0 Å². The van der Waals surface area contributed by atoms with Crippen molar-refractivity contribution in [2.75, 3.05) is 0 Å². The van der Waals surface area contributed by atoms with Crippen LogP contribution in [-0.4, -0.2) is 41.8 Å². The van der Waals surface area contributed by atoms with Crippen molar-refractivity contribution in [1.29, 1.82) is 0 Å². The first-order chi connectivity index (χ1) is 17.6. The Kier molecular flexibility index (Phi) is 19.7. The van der Waals surface area contributed by atoms with Crippen LogP contribution in [0.1, 0.15) is 111 Å². The molecule has 2 amide bonds. The summed E-state index contributed by atoms with van der Waals surface area (Å²) in [6.45, 7) is 6.07. The third-order valence-electron chi connectivity index (χ3n) is 6.01. The molecule has 9 nitrogen and oxygen atoms in total. The molecule has 0 aromatic heterocycles. The van der Waals surface area contributed by atoms with Gasteiger partial charge in [0.15, 0.2) is 6.04 Å². The van der Waals surface area contributed by atoms with Gasteiger partial charge in [0.1, 0.15) is 15.9 Å². The van der Waals surface area contributed by atoms with Crippen LogP contribution in [0.2, 0.25) is 0 Å². The predicted molar refractivity (Wildman–Crippen MR) is 140 cm³/mol. The Labute approximate surface area is 250 Å². The van der Waals surface area contributed by atoms with Crippen molar-refractivity contribution in [3.63, 3.8) is 0 Å². The number of nitrogens with zero attached hydrogens (tertiary/aromatic N) is 1. The Morgan fingerprint density at radius 3 is 2.05 bits per heavy atom. The third kappa shape index (κ3) is 14.1. The van der Waals surface area contributed by atoms with Crippen molar-refractivity contribution < 1.29 is 61.6 Å². The van der Waals surface area contributed by atoms with Gasteiger partial charge < -0.3 is 9.29 Å². The third-order valence-corrected chi connectivity index (χ3v) is 6.89. The zero-order valence-electron chi connectivity index (χ0n) is 23.5. The first kappa shape index (κ1) is 36.5. The number of hydrogen-bond donors (Lipinski definition) is 1. The van der Waals surface area contributed by atoms with Crippen LogP contribution >= 0.6 is 0 Å². The molecule has 1 unspecified atom stereocenters. The average Bonchev–Trinajstić information content (AvgIpc) is 2.85. The van der Waals surface area contributed by atoms with E-state index in [9.17, 15) is 27.4 Å². The minimum absolute atomic E-state index is 0. The van der Waals surface area contributed by atoms with Gasteiger partial charge in [0.05, 0.1) is 4.90 Å². The summed E-state index contributed by atoms with van der Waals surface area (Å²) in [5.74, 6) is -2.09. The molecule has 0 aliphatic rings. The van der Waals surface area contributed by atoms with E-state index in [0.717, 1.165) is 62.4 Å². The van der Waals surface area contributed by atoms with Crippen molar-refractivity contribution in [3.8, 4) is 5.75 Å². The van der Waals surface area contributed by atoms with Crippen LogP contribution in [0.4, 0.5) is 0 Å². The summed E-state index contributed by atoms with van der Waals surface area (Å²) in [7, 11) is -4.89. The monoisotopic (exact) mass is 562 g/mol. The number of nitrogens with one attached hydrogen (secondary N) is 1. The molecule has 0 spiro atoms. The number of para-hydroxylation sites is 1. The summed E-state index contributed by atoms with van der Waals surface area (Å²) < 4.78 is 40.2. The Morgan fingerprint density at radius 2 is 1.42 bits per heavy atom. The van der Waals surface area contributed by atoms with E-state index in [-0.39, 0.29) is 54.7 Å². The van der Waals surface area contributed by atoms with Gasteiger partial charge in [0, 0.05) is 12.8 Å². The predicted octanol–water partition coefficient (Wildman–Crippen LogP) is 2.25. The molecule has 0 saturated carbocycles. The molecule has 0 aliphatic heterocycles. The number of carbonyl (C=O) groups is 3. The van der Waals surface area contributed by atoms with Gasteiger partial charge in [-0.3, -0.25) is 15.0 Å². The van der Waals surface area contributed by atoms with Gasteiger partial charge in [0.2, 0.25) is 11.8 Å². The van der Waals surface area contributed by atoms with E-state index in [1.54, 1.807) is 0 Å². The molecule has 1 N–H and O–H groups in total. The second-order valence-corrected chi connectivity index (χ2v) is 10.6. The molecule has 210 valence electrons. The minimum atomic E-state index is -4.89. The van der Waals surface area contributed by atoms with E-state index >= 15 is 0 Å². The number of benzene rings is 1. The van der Waals surface area contributed by atoms with Gasteiger partial charge in [-0.05, 0) is 31.4 Å². The number of ether oxygens (including phenoxy) is 1. The molecule has 11 heteroatoms. The normalized spacial score (nSPS) is 11.8. The van der Waals surface area contributed by atoms with Crippen molar-refractivity contribution in [3.05, 3.63) is 24.3 Å². The standard InChI is InChI=1S/C27H44N2O7S.Na/c1-4-7-10-11-12-14-20-25(30)28-29(26(31)21-13-8-5-2)22(17-9-6-3)27(32)36-23-18-15-16-19-24(23)37(33,34)35;/h15-16,18-19,22H,4-14,17,20-21H2,1-3H3,(H,28,30)(H,33,34,35);/q;+1/p-1. The van der Waals surface area contributed by atoms with Crippen LogP contribution in [0.15, 0.2) is 29.2 Å². The Morgan fingerprint density at radius 1 is 0.868 bits per heavy atom. The van der Waals surface area contributed by atoms with Crippen LogP contribution < -0.4 is 39.7 Å². The summed E-state index contributed by atoms with van der Waals surface area (Å²) in [5.41, 5.74) is 2.63. The molecular formula is C27H43N2NaO7S. The largest absolute Gasteiger partial charge is 1.00 e. The summed E-state index contributed by atoms with van der Waals surface area (Å²) >= 11 is 0. The van der Waals surface area contributed by atoms with E-state index in [1.807, 2.05) is 13.8 Å². The van der Waals surface area contributed by atoms with Crippen molar-refractivity contribution in [1.82, 2.24) is 10.4 Å². The van der Waals surface area contributed by atoms with Crippen LogP contribution in [0, 0.1) is 0 Å². The molecule has 1 atom stereocenters. The van der Waals surface area contributed by atoms with Crippen LogP contribution in [-0.2, 0) is 24.5 Å². The SMILES string of the molecule is CCCCCCCCC(=O)NN(C(=O)CCCCC)C(CCCC)C(=O)Oc1ccccc1S(=O)(=O)[O-].[Na+].